The van der Waals surface area contributed by atoms with Gasteiger partial charge >= 0.3 is 0 Å². The van der Waals surface area contributed by atoms with E-state index >= 15 is 0 Å². The van der Waals surface area contributed by atoms with Crippen LogP contribution >= 0.6 is 11.8 Å². The number of hydrogen-bond acceptors (Lipinski definition) is 4. The van der Waals surface area contributed by atoms with Crippen LogP contribution in [0.4, 0.5) is 0 Å². The standard InChI is InChI=1S/C16H27N3S/c1-16(2,3)13-7-5-12(6-8-13)15(18-17)14-11-20-10-9-19(14)4/h5-8,14-15,18H,9-11,17H2,1-4H3. The molecule has 112 valence electrons. The van der Waals surface area contributed by atoms with E-state index < -0.39 is 0 Å². The normalized spacial score (nSPS) is 22.8. The Morgan fingerprint density at radius 2 is 1.95 bits per heavy atom. The van der Waals surface area contributed by atoms with Crippen LogP contribution in [0.25, 0.3) is 0 Å². The molecule has 0 aliphatic carbocycles. The Morgan fingerprint density at radius 1 is 1.30 bits per heavy atom. The summed E-state index contributed by atoms with van der Waals surface area (Å²) in [4.78, 5) is 2.42. The Morgan fingerprint density at radius 3 is 2.45 bits per heavy atom. The van der Waals surface area contributed by atoms with E-state index in [0.29, 0.717) is 6.04 Å². The Kier molecular flexibility index (Phi) is 5.13. The van der Waals surface area contributed by atoms with Crippen molar-refractivity contribution in [1.82, 2.24) is 10.3 Å². The first-order valence-electron chi connectivity index (χ1n) is 7.28. The van der Waals surface area contributed by atoms with Gasteiger partial charge in [-0.05, 0) is 23.6 Å². The molecule has 1 fully saturated rings. The summed E-state index contributed by atoms with van der Waals surface area (Å²) in [5, 5.41) is 0. The van der Waals surface area contributed by atoms with Crippen LogP contribution < -0.4 is 11.3 Å². The van der Waals surface area contributed by atoms with Crippen molar-refractivity contribution in [3.63, 3.8) is 0 Å². The van der Waals surface area contributed by atoms with E-state index in [1.54, 1.807) is 0 Å². The number of likely N-dealkylation sites (N-methyl/N-ethyl adjacent to an activating group) is 1. The van der Waals surface area contributed by atoms with E-state index in [9.17, 15) is 0 Å². The molecule has 20 heavy (non-hydrogen) atoms. The molecule has 0 bridgehead atoms. The summed E-state index contributed by atoms with van der Waals surface area (Å²) in [5.41, 5.74) is 5.86. The molecule has 1 aliphatic heterocycles. The predicted molar refractivity (Wildman–Crippen MR) is 88.9 cm³/mol. The zero-order valence-corrected chi connectivity index (χ0v) is 13.8. The third-order valence-corrected chi connectivity index (χ3v) is 5.19. The molecule has 0 spiro atoms. The average molecular weight is 293 g/mol. The van der Waals surface area contributed by atoms with Crippen molar-refractivity contribution in [3.05, 3.63) is 35.4 Å². The minimum absolute atomic E-state index is 0.196. The number of hydrazine groups is 1. The van der Waals surface area contributed by atoms with Gasteiger partial charge in [0.15, 0.2) is 0 Å². The molecule has 1 aromatic carbocycles. The SMILES string of the molecule is CN1CCSCC1C(NN)c1ccc(C(C)(C)C)cc1. The van der Waals surface area contributed by atoms with Gasteiger partial charge in [-0.15, -0.1) is 0 Å². The van der Waals surface area contributed by atoms with Gasteiger partial charge in [0.2, 0.25) is 0 Å². The molecule has 1 aromatic rings. The predicted octanol–water partition coefficient (Wildman–Crippen LogP) is 2.54. The molecule has 1 heterocycles. The fraction of sp³-hybridized carbons (Fsp3) is 0.625. The van der Waals surface area contributed by atoms with Crippen molar-refractivity contribution in [2.45, 2.75) is 38.3 Å². The van der Waals surface area contributed by atoms with E-state index in [-0.39, 0.29) is 11.5 Å². The topological polar surface area (TPSA) is 41.3 Å². The van der Waals surface area contributed by atoms with Gasteiger partial charge in [-0.1, -0.05) is 45.0 Å². The average Bonchev–Trinajstić information content (AvgIpc) is 2.41. The quantitative estimate of drug-likeness (QED) is 0.664. The highest BCUT2D eigenvalue weighted by atomic mass is 32.2. The lowest BCUT2D eigenvalue weighted by molar-refractivity contribution is 0.216. The maximum atomic E-state index is 5.84. The molecule has 3 N–H and O–H groups in total. The van der Waals surface area contributed by atoms with E-state index in [1.165, 1.54) is 16.9 Å². The summed E-state index contributed by atoms with van der Waals surface area (Å²) < 4.78 is 0. The first-order chi connectivity index (χ1) is 9.43. The Balaban J connectivity index is 2.19. The van der Waals surface area contributed by atoms with Crippen molar-refractivity contribution >= 4 is 11.8 Å². The van der Waals surface area contributed by atoms with Crippen LogP contribution in [-0.4, -0.2) is 36.0 Å². The second-order valence-corrected chi connectivity index (χ2v) is 7.79. The highest BCUT2D eigenvalue weighted by molar-refractivity contribution is 7.99. The van der Waals surface area contributed by atoms with E-state index in [1.807, 2.05) is 11.8 Å². The minimum Gasteiger partial charge on any atom is -0.300 e. The lowest BCUT2D eigenvalue weighted by atomic mass is 9.86. The van der Waals surface area contributed by atoms with Gasteiger partial charge in [-0.3, -0.25) is 16.2 Å². The number of hydrogen-bond donors (Lipinski definition) is 2. The molecule has 2 unspecified atom stereocenters. The lowest BCUT2D eigenvalue weighted by Gasteiger charge is -2.37. The number of rotatable bonds is 3. The zero-order chi connectivity index (χ0) is 14.8. The van der Waals surface area contributed by atoms with Crippen LogP contribution in [0.1, 0.15) is 37.9 Å². The number of nitrogens with one attached hydrogen (secondary N) is 1. The maximum absolute atomic E-state index is 5.84. The number of nitrogens with zero attached hydrogens (tertiary/aromatic N) is 1. The van der Waals surface area contributed by atoms with Crippen molar-refractivity contribution < 1.29 is 0 Å². The smallest absolute Gasteiger partial charge is 0.0623 e. The molecule has 0 saturated carbocycles. The summed E-state index contributed by atoms with van der Waals surface area (Å²) in [6.45, 7) is 7.86. The molecule has 1 saturated heterocycles. The van der Waals surface area contributed by atoms with E-state index in [2.05, 4.69) is 62.4 Å². The Bertz CT molecular complexity index is 424. The molecule has 1 aliphatic rings. The molecule has 0 amide bonds. The highest BCUT2D eigenvalue weighted by Crippen LogP contribution is 2.28. The van der Waals surface area contributed by atoms with Gasteiger partial charge in [0.25, 0.3) is 0 Å². The van der Waals surface area contributed by atoms with Gasteiger partial charge in [0.1, 0.15) is 0 Å². The van der Waals surface area contributed by atoms with Gasteiger partial charge < -0.3 is 0 Å². The van der Waals surface area contributed by atoms with Crippen LogP contribution in [0.3, 0.4) is 0 Å². The van der Waals surface area contributed by atoms with Gasteiger partial charge in [0.05, 0.1) is 6.04 Å². The Hall–Kier alpha value is -0.550. The number of benzene rings is 1. The second-order valence-electron chi connectivity index (χ2n) is 6.64. The molecule has 0 aromatic heterocycles. The molecular formula is C16H27N3S. The van der Waals surface area contributed by atoms with Crippen molar-refractivity contribution in [2.24, 2.45) is 5.84 Å². The van der Waals surface area contributed by atoms with Crippen molar-refractivity contribution in [3.8, 4) is 0 Å². The zero-order valence-electron chi connectivity index (χ0n) is 13.0. The number of nitrogens with two attached hydrogens (primary N) is 1. The summed E-state index contributed by atoms with van der Waals surface area (Å²) >= 11 is 2.02. The van der Waals surface area contributed by atoms with Gasteiger partial charge in [0, 0.05) is 24.1 Å². The van der Waals surface area contributed by atoms with Crippen LogP contribution in [0.2, 0.25) is 0 Å². The summed E-state index contributed by atoms with van der Waals surface area (Å²) in [6, 6.07) is 9.56. The monoisotopic (exact) mass is 293 g/mol. The number of thioether (sulfide) groups is 1. The van der Waals surface area contributed by atoms with Gasteiger partial charge in [-0.25, -0.2) is 0 Å². The van der Waals surface area contributed by atoms with Crippen molar-refractivity contribution in [1.29, 1.82) is 0 Å². The molecular weight excluding hydrogens is 266 g/mol. The molecule has 2 atom stereocenters. The largest absolute Gasteiger partial charge is 0.300 e. The maximum Gasteiger partial charge on any atom is 0.0623 e. The van der Waals surface area contributed by atoms with E-state index in [0.717, 1.165) is 12.3 Å². The fourth-order valence-corrected chi connectivity index (χ4v) is 3.95. The van der Waals surface area contributed by atoms with E-state index in [4.69, 9.17) is 5.84 Å². The molecule has 0 radical (unpaired) electrons. The van der Waals surface area contributed by atoms with Crippen LogP contribution in [0.15, 0.2) is 24.3 Å². The van der Waals surface area contributed by atoms with Crippen molar-refractivity contribution in [2.75, 3.05) is 25.1 Å². The van der Waals surface area contributed by atoms with Gasteiger partial charge in [-0.2, -0.15) is 11.8 Å². The summed E-state index contributed by atoms with van der Waals surface area (Å²) in [5.74, 6) is 8.18. The minimum atomic E-state index is 0.196. The lowest BCUT2D eigenvalue weighted by Crippen LogP contribution is -2.49. The molecule has 2 rings (SSSR count). The first-order valence-corrected chi connectivity index (χ1v) is 8.43. The van der Waals surface area contributed by atoms with Crippen LogP contribution in [0.5, 0.6) is 0 Å². The Labute approximate surface area is 127 Å². The molecule has 4 heteroatoms. The fourth-order valence-electron chi connectivity index (χ4n) is 2.68. The third-order valence-electron chi connectivity index (χ3n) is 4.14. The van der Waals surface area contributed by atoms with Crippen LogP contribution in [0, 0.1) is 0 Å². The third kappa shape index (κ3) is 3.55. The van der Waals surface area contributed by atoms with Crippen LogP contribution in [-0.2, 0) is 5.41 Å². The second kappa shape index (κ2) is 6.48. The summed E-state index contributed by atoms with van der Waals surface area (Å²) in [7, 11) is 2.19. The first kappa shape index (κ1) is 15.8. The summed E-state index contributed by atoms with van der Waals surface area (Å²) in [6.07, 6.45) is 0. The highest BCUT2D eigenvalue weighted by Gasteiger charge is 2.28. The molecule has 3 nitrogen and oxygen atoms in total.